The van der Waals surface area contributed by atoms with Crippen molar-refractivity contribution in [1.82, 2.24) is 24.5 Å². The lowest BCUT2D eigenvalue weighted by molar-refractivity contribution is -0.0208. The average Bonchev–Trinajstić information content (AvgIpc) is 3.04. The molecule has 2 aromatic heterocycles. The molecule has 1 aromatic carbocycles. The third-order valence-electron chi connectivity index (χ3n) is 5.42. The lowest BCUT2D eigenvalue weighted by atomic mass is 10.0. The number of H-pyrrole nitrogens is 1. The Balaban J connectivity index is 1.85. The molecule has 0 spiro atoms. The van der Waals surface area contributed by atoms with Gasteiger partial charge < -0.3 is 19.4 Å². The van der Waals surface area contributed by atoms with Crippen molar-refractivity contribution in [2.45, 2.75) is 39.7 Å². The van der Waals surface area contributed by atoms with Crippen LogP contribution in [0.15, 0.2) is 23.0 Å². The topological polar surface area (TPSA) is 84.8 Å². The number of fused-ring (bicyclic) bond motifs is 1. The molecular weight excluding hydrogens is 382 g/mol. The smallest absolute Gasteiger partial charge is 0.277 e. The van der Waals surface area contributed by atoms with E-state index in [-0.39, 0.29) is 11.7 Å². The Labute approximate surface area is 175 Å². The second-order valence-electron chi connectivity index (χ2n) is 7.74. The van der Waals surface area contributed by atoms with Gasteiger partial charge in [0, 0.05) is 19.5 Å². The molecular formula is C22H29N5O3. The maximum atomic E-state index is 12.9. The lowest BCUT2D eigenvalue weighted by Gasteiger charge is -2.30. The van der Waals surface area contributed by atoms with Gasteiger partial charge in [-0.05, 0) is 45.0 Å². The number of aryl methyl sites for hydroxylation is 2. The summed E-state index contributed by atoms with van der Waals surface area (Å²) < 4.78 is 13.5. The third-order valence-corrected chi connectivity index (χ3v) is 5.42. The zero-order chi connectivity index (χ0) is 21.3. The molecule has 1 aliphatic rings. The molecule has 0 saturated carbocycles. The molecule has 1 aliphatic heterocycles. The number of hydrogen-bond acceptors (Lipinski definition) is 6. The number of benzene rings is 1. The molecule has 4 rings (SSSR count). The van der Waals surface area contributed by atoms with E-state index in [0.29, 0.717) is 36.0 Å². The summed E-state index contributed by atoms with van der Waals surface area (Å²) in [5, 5.41) is 4.76. The van der Waals surface area contributed by atoms with E-state index in [1.807, 2.05) is 32.0 Å². The number of nitrogens with zero attached hydrogens (tertiary/aromatic N) is 4. The minimum Gasteiger partial charge on any atom is -0.493 e. The fourth-order valence-electron chi connectivity index (χ4n) is 3.94. The second kappa shape index (κ2) is 8.57. The maximum Gasteiger partial charge on any atom is 0.277 e. The van der Waals surface area contributed by atoms with Gasteiger partial charge in [-0.1, -0.05) is 13.0 Å². The monoisotopic (exact) mass is 411 g/mol. The molecule has 160 valence electrons. The fraction of sp³-hybridized carbons (Fsp3) is 0.500. The van der Waals surface area contributed by atoms with Crippen LogP contribution in [0.1, 0.15) is 43.5 Å². The number of rotatable bonds is 6. The van der Waals surface area contributed by atoms with Crippen molar-refractivity contribution >= 4 is 5.52 Å². The lowest BCUT2D eigenvalue weighted by Crippen LogP contribution is -2.35. The van der Waals surface area contributed by atoms with E-state index in [1.54, 1.807) is 4.52 Å². The van der Waals surface area contributed by atoms with Crippen LogP contribution in [0.4, 0.5) is 0 Å². The van der Waals surface area contributed by atoms with Crippen LogP contribution in [-0.2, 0) is 11.2 Å². The molecule has 1 fully saturated rings. The van der Waals surface area contributed by atoms with Crippen LogP contribution in [0.2, 0.25) is 0 Å². The van der Waals surface area contributed by atoms with Crippen LogP contribution in [0, 0.1) is 6.92 Å². The Bertz CT molecular complexity index is 1100. The third kappa shape index (κ3) is 3.85. The van der Waals surface area contributed by atoms with Crippen molar-refractivity contribution in [3.8, 4) is 17.1 Å². The van der Waals surface area contributed by atoms with Crippen molar-refractivity contribution in [1.29, 1.82) is 0 Å². The van der Waals surface area contributed by atoms with E-state index in [2.05, 4.69) is 28.8 Å². The Morgan fingerprint density at radius 3 is 2.90 bits per heavy atom. The summed E-state index contributed by atoms with van der Waals surface area (Å²) in [6, 6.07) is 5.98. The molecule has 0 bridgehead atoms. The van der Waals surface area contributed by atoms with Gasteiger partial charge in [0.25, 0.3) is 5.56 Å². The fourth-order valence-corrected chi connectivity index (χ4v) is 3.94. The van der Waals surface area contributed by atoms with Crippen LogP contribution in [0.25, 0.3) is 16.9 Å². The van der Waals surface area contributed by atoms with Gasteiger partial charge in [0.05, 0.1) is 30.6 Å². The largest absolute Gasteiger partial charge is 0.493 e. The number of aromatic amines is 1. The van der Waals surface area contributed by atoms with Gasteiger partial charge in [-0.25, -0.2) is 9.50 Å². The standard InChI is InChI=1S/C22H29N5O3/c1-5-7-19-23-14(3)20-22(28)24-21(25-27(19)20)16-12-15(8-9-17(16)29-6-2)18-13-26(4)10-11-30-18/h8-9,12,18H,5-7,10-11,13H2,1-4H3,(H,24,25,28). The van der Waals surface area contributed by atoms with Gasteiger partial charge in [0.2, 0.25) is 0 Å². The highest BCUT2D eigenvalue weighted by atomic mass is 16.5. The molecule has 1 atom stereocenters. The van der Waals surface area contributed by atoms with E-state index in [0.717, 1.165) is 42.9 Å². The highest BCUT2D eigenvalue weighted by Gasteiger charge is 2.22. The van der Waals surface area contributed by atoms with Crippen molar-refractivity contribution in [3.63, 3.8) is 0 Å². The Morgan fingerprint density at radius 2 is 2.17 bits per heavy atom. The predicted octanol–water partition coefficient (Wildman–Crippen LogP) is 2.75. The minimum atomic E-state index is -0.200. The van der Waals surface area contributed by atoms with Gasteiger partial charge in [0.15, 0.2) is 11.3 Å². The second-order valence-corrected chi connectivity index (χ2v) is 7.74. The number of morpholine rings is 1. The van der Waals surface area contributed by atoms with Crippen molar-refractivity contribution in [2.24, 2.45) is 0 Å². The van der Waals surface area contributed by atoms with Crippen LogP contribution < -0.4 is 10.3 Å². The number of likely N-dealkylation sites (N-methyl/N-ethyl adjacent to an activating group) is 1. The Kier molecular flexibility index (Phi) is 5.87. The van der Waals surface area contributed by atoms with Crippen molar-refractivity contribution < 1.29 is 9.47 Å². The molecule has 3 aromatic rings. The average molecular weight is 412 g/mol. The molecule has 0 radical (unpaired) electrons. The molecule has 1 saturated heterocycles. The first-order chi connectivity index (χ1) is 14.5. The summed E-state index contributed by atoms with van der Waals surface area (Å²) in [6.45, 7) is 8.82. The van der Waals surface area contributed by atoms with Gasteiger partial charge in [-0.3, -0.25) is 4.79 Å². The van der Waals surface area contributed by atoms with E-state index in [1.165, 1.54) is 0 Å². The molecule has 3 heterocycles. The minimum absolute atomic E-state index is 0.0280. The first-order valence-electron chi connectivity index (χ1n) is 10.6. The quantitative estimate of drug-likeness (QED) is 0.671. The number of ether oxygens (including phenoxy) is 2. The zero-order valence-electron chi connectivity index (χ0n) is 18.1. The van der Waals surface area contributed by atoms with E-state index < -0.39 is 0 Å². The summed E-state index contributed by atoms with van der Waals surface area (Å²) in [4.78, 5) is 22.6. The summed E-state index contributed by atoms with van der Waals surface area (Å²) >= 11 is 0. The Hall–Kier alpha value is -2.71. The first kappa shape index (κ1) is 20.6. The normalized spacial score (nSPS) is 17.5. The van der Waals surface area contributed by atoms with Gasteiger partial charge in [0.1, 0.15) is 11.6 Å². The van der Waals surface area contributed by atoms with E-state index in [4.69, 9.17) is 14.6 Å². The summed E-state index contributed by atoms with van der Waals surface area (Å²) in [5.74, 6) is 1.95. The predicted molar refractivity (Wildman–Crippen MR) is 115 cm³/mol. The molecule has 1 N–H and O–H groups in total. The molecule has 8 heteroatoms. The van der Waals surface area contributed by atoms with E-state index >= 15 is 0 Å². The van der Waals surface area contributed by atoms with Crippen LogP contribution in [0.5, 0.6) is 5.75 Å². The summed E-state index contributed by atoms with van der Waals surface area (Å²) in [7, 11) is 2.09. The zero-order valence-corrected chi connectivity index (χ0v) is 18.1. The SMILES string of the molecule is CCCc1nc(C)c2c(=O)[nH]c(-c3cc(C4CN(C)CCO4)ccc3OCC)nn12. The first-order valence-corrected chi connectivity index (χ1v) is 10.6. The molecule has 0 amide bonds. The summed E-state index contributed by atoms with van der Waals surface area (Å²) in [6.07, 6.45) is 1.65. The number of imidazole rings is 1. The van der Waals surface area contributed by atoms with Crippen LogP contribution in [-0.4, -0.2) is 57.8 Å². The summed E-state index contributed by atoms with van der Waals surface area (Å²) in [5.41, 5.74) is 2.77. The highest BCUT2D eigenvalue weighted by molar-refractivity contribution is 5.66. The van der Waals surface area contributed by atoms with Crippen LogP contribution >= 0.6 is 0 Å². The van der Waals surface area contributed by atoms with Crippen molar-refractivity contribution in [2.75, 3.05) is 33.4 Å². The Morgan fingerprint density at radius 1 is 1.33 bits per heavy atom. The molecule has 8 nitrogen and oxygen atoms in total. The van der Waals surface area contributed by atoms with Gasteiger partial charge in [-0.2, -0.15) is 0 Å². The molecule has 0 aliphatic carbocycles. The highest BCUT2D eigenvalue weighted by Crippen LogP contribution is 2.32. The van der Waals surface area contributed by atoms with E-state index in [9.17, 15) is 4.79 Å². The number of hydrogen-bond donors (Lipinski definition) is 1. The molecule has 1 unspecified atom stereocenters. The van der Waals surface area contributed by atoms with Gasteiger partial charge in [-0.15, -0.1) is 5.10 Å². The number of aromatic nitrogens is 4. The maximum absolute atomic E-state index is 12.9. The molecule has 30 heavy (non-hydrogen) atoms. The van der Waals surface area contributed by atoms with Crippen LogP contribution in [0.3, 0.4) is 0 Å². The number of nitrogens with one attached hydrogen (secondary N) is 1. The van der Waals surface area contributed by atoms with Crippen molar-refractivity contribution in [3.05, 3.63) is 45.6 Å². The van der Waals surface area contributed by atoms with Gasteiger partial charge >= 0.3 is 0 Å².